The average Bonchev–Trinajstić information content (AvgIpc) is 3.60. The van der Waals surface area contributed by atoms with Crippen molar-refractivity contribution in [1.29, 1.82) is 0 Å². The number of carbonyl (C=O) groups is 1. The molecule has 6 rings (SSSR count). The zero-order valence-corrected chi connectivity index (χ0v) is 32.6. The van der Waals surface area contributed by atoms with Crippen molar-refractivity contribution in [2.75, 3.05) is 0 Å². The van der Waals surface area contributed by atoms with Gasteiger partial charge in [-0.1, -0.05) is 65.5 Å². The van der Waals surface area contributed by atoms with E-state index in [2.05, 4.69) is 37.2 Å². The number of aromatic nitrogens is 4. The van der Waals surface area contributed by atoms with Crippen LogP contribution in [0.5, 0.6) is 11.5 Å². The van der Waals surface area contributed by atoms with E-state index in [1.54, 1.807) is 50.2 Å². The Labute approximate surface area is 338 Å². The summed E-state index contributed by atoms with van der Waals surface area (Å²) >= 11 is 11.6. The molecule has 0 spiro atoms. The number of nitrogens with zero attached hydrogens (tertiary/aromatic N) is 6. The van der Waals surface area contributed by atoms with E-state index in [-0.39, 0.29) is 56.7 Å². The fourth-order valence-corrected chi connectivity index (χ4v) is 5.85. The third-order valence-electron chi connectivity index (χ3n) is 7.47. The molecule has 0 atom stereocenters. The van der Waals surface area contributed by atoms with Crippen LogP contribution < -0.4 is 26.6 Å². The summed E-state index contributed by atoms with van der Waals surface area (Å²) in [5, 5.41) is 46.5. The SMILES string of the molecule is C=CC(=O)[NH2+]c1ccc(-n2[nH]c(C)c(N=Nc3cc(Cl)cc(S(=O)(=O)O)c3[O-])c2=O)cc1.Cc1[nH]n(-c2ccccc2)c(=O)c1N=Nc1cc(Cl)ccc1[O-].[Cr+3]. The number of H-pyrrole nitrogens is 2. The van der Waals surface area contributed by atoms with E-state index in [1.807, 2.05) is 18.2 Å². The Morgan fingerprint density at radius 1 is 0.786 bits per heavy atom. The maximum atomic E-state index is 12.8. The van der Waals surface area contributed by atoms with Gasteiger partial charge in [0.1, 0.15) is 5.69 Å². The molecule has 0 aliphatic heterocycles. The zero-order chi connectivity index (χ0) is 40.0. The van der Waals surface area contributed by atoms with Gasteiger partial charge in [0.25, 0.3) is 21.2 Å². The smallest absolute Gasteiger partial charge is 0.871 e. The Morgan fingerprint density at radius 2 is 1.30 bits per heavy atom. The Morgan fingerprint density at radius 3 is 1.84 bits per heavy atom. The van der Waals surface area contributed by atoms with Crippen LogP contribution in [0.3, 0.4) is 0 Å². The molecule has 56 heavy (non-hydrogen) atoms. The van der Waals surface area contributed by atoms with Gasteiger partial charge < -0.3 is 10.2 Å². The molecule has 0 fully saturated rings. The first-order chi connectivity index (χ1) is 26.1. The molecule has 2 heterocycles. The molecule has 0 aliphatic carbocycles. The largest absolute Gasteiger partial charge is 3.00 e. The monoisotopic (exact) mass is 856 g/mol. The van der Waals surface area contributed by atoms with E-state index in [0.717, 1.165) is 12.1 Å². The second-order valence-corrected chi connectivity index (χ2v) is 13.6. The molecule has 1 amide bonds. The van der Waals surface area contributed by atoms with Gasteiger partial charge in [0.05, 0.1) is 39.0 Å². The van der Waals surface area contributed by atoms with Crippen LogP contribution in [0.15, 0.2) is 133 Å². The summed E-state index contributed by atoms with van der Waals surface area (Å²) in [7, 11) is -4.82. The Kier molecular flexibility index (Phi) is 13.9. The van der Waals surface area contributed by atoms with Crippen LogP contribution in [0.4, 0.5) is 28.4 Å². The predicted octanol–water partition coefficient (Wildman–Crippen LogP) is 5.38. The summed E-state index contributed by atoms with van der Waals surface area (Å²) < 4.78 is 34.4. The van der Waals surface area contributed by atoms with Gasteiger partial charge in [0.2, 0.25) is 0 Å². The summed E-state index contributed by atoms with van der Waals surface area (Å²) in [5.41, 5.74) is 1.33. The van der Waals surface area contributed by atoms with Crippen molar-refractivity contribution >= 4 is 67.7 Å². The number of carbonyl (C=O) groups excluding carboxylic acids is 1. The standard InChI is InChI=1S/C19H16ClN5O6S.C16H13ClN4O2.Cr/c1-3-16(26)21-12-4-6-13(7-5-12)25-19(28)17(10(2)24-25)23-22-14-8-11(20)9-15(18(14)27)32(29,30)31;1-10-15(19-18-13-9-11(17)7-8-14(13)22)16(23)21(20-10)12-5-3-2-4-6-12;/h3-9,24,27H,1H2,2H3,(H,21,26)(H,29,30,31);2-9,20,22H,1H3;/q;;+3/p-1. The second-order valence-electron chi connectivity index (χ2n) is 11.4. The van der Waals surface area contributed by atoms with Gasteiger partial charge in [0.15, 0.2) is 11.4 Å². The van der Waals surface area contributed by atoms with E-state index in [0.29, 0.717) is 33.5 Å². The molecule has 0 aliphatic rings. The first-order valence-corrected chi connectivity index (χ1v) is 17.8. The molecule has 0 saturated carbocycles. The van der Waals surface area contributed by atoms with Crippen molar-refractivity contribution in [3.05, 3.63) is 140 Å². The first kappa shape index (κ1) is 42.8. The van der Waals surface area contributed by atoms with Crippen molar-refractivity contribution in [3.63, 3.8) is 0 Å². The van der Waals surface area contributed by atoms with Gasteiger partial charge in [0, 0.05) is 28.3 Å². The van der Waals surface area contributed by atoms with Crippen LogP contribution in [0, 0.1) is 13.8 Å². The molecule has 0 saturated heterocycles. The molecule has 17 nitrogen and oxygen atoms in total. The average molecular weight is 858 g/mol. The predicted molar refractivity (Wildman–Crippen MR) is 199 cm³/mol. The third kappa shape index (κ3) is 10.0. The van der Waals surface area contributed by atoms with Gasteiger partial charge in [-0.25, -0.2) is 19.5 Å². The number of rotatable bonds is 9. The van der Waals surface area contributed by atoms with Crippen LogP contribution in [-0.4, -0.2) is 38.4 Å². The normalized spacial score (nSPS) is 11.3. The first-order valence-electron chi connectivity index (χ1n) is 15.7. The number of aryl methyl sites for hydroxylation is 2. The van der Waals surface area contributed by atoms with Gasteiger partial charge in [-0.2, -0.15) is 18.6 Å². The van der Waals surface area contributed by atoms with E-state index in [4.69, 9.17) is 27.8 Å². The Balaban J connectivity index is 0.000000257. The number of benzene rings is 4. The number of hydrogen-bond donors (Lipinski definition) is 4. The zero-order valence-electron chi connectivity index (χ0n) is 29.0. The van der Waals surface area contributed by atoms with Crippen LogP contribution in [0.1, 0.15) is 11.4 Å². The number of amides is 1. The summed E-state index contributed by atoms with van der Waals surface area (Å²) in [5.74, 6) is -1.69. The summed E-state index contributed by atoms with van der Waals surface area (Å²) in [6.07, 6.45) is 1.18. The Bertz CT molecular complexity index is 2710. The van der Waals surface area contributed by atoms with Gasteiger partial charge in [-0.05, 0) is 62.4 Å². The number of primary amides is 1. The second kappa shape index (κ2) is 18.2. The van der Waals surface area contributed by atoms with E-state index >= 15 is 0 Å². The number of aromatic amines is 2. The number of azo groups is 2. The minimum absolute atomic E-state index is 0. The van der Waals surface area contributed by atoms with Crippen LogP contribution in [-0.2, 0) is 32.3 Å². The molecule has 21 heteroatoms. The molecule has 2 aromatic heterocycles. The molecule has 6 aromatic rings. The quantitative estimate of drug-likeness (QED) is 0.0633. The molecule has 0 unspecified atom stereocenters. The summed E-state index contributed by atoms with van der Waals surface area (Å²) in [6, 6.07) is 21.6. The number of quaternary nitrogens is 1. The van der Waals surface area contributed by atoms with Crippen LogP contribution >= 0.6 is 23.2 Å². The van der Waals surface area contributed by atoms with Gasteiger partial charge in [-0.3, -0.25) is 24.3 Å². The topological polar surface area (TPSA) is 259 Å². The fraction of sp³-hybridized carbons (Fsp3) is 0.0571. The van der Waals surface area contributed by atoms with Crippen molar-refractivity contribution in [1.82, 2.24) is 19.6 Å². The van der Waals surface area contributed by atoms with Crippen LogP contribution in [0.2, 0.25) is 10.0 Å². The molecular formula is C35H28Cl2CrN9O8S+2. The molecular weight excluding hydrogens is 829 g/mol. The van der Waals surface area contributed by atoms with E-state index in [9.17, 15) is 33.0 Å². The molecule has 1 radical (unpaired) electrons. The van der Waals surface area contributed by atoms with Crippen molar-refractivity contribution in [2.45, 2.75) is 18.7 Å². The third-order valence-corrected chi connectivity index (χ3v) is 8.78. The fourth-order valence-electron chi connectivity index (χ4n) is 4.79. The minimum atomic E-state index is -4.82. The maximum Gasteiger partial charge on any atom is 3.00 e. The number of halogens is 2. The molecule has 4 aromatic carbocycles. The number of para-hydroxylation sites is 1. The molecule has 5 N–H and O–H groups in total. The van der Waals surface area contributed by atoms with E-state index < -0.39 is 32.0 Å². The molecule has 0 bridgehead atoms. The van der Waals surface area contributed by atoms with Crippen molar-refractivity contribution in [3.8, 4) is 22.9 Å². The summed E-state index contributed by atoms with van der Waals surface area (Å²) in [4.78, 5) is 35.7. The molecule has 285 valence electrons. The van der Waals surface area contributed by atoms with Crippen molar-refractivity contribution in [2.24, 2.45) is 20.5 Å². The minimum Gasteiger partial charge on any atom is -0.871 e. The number of nitrogens with one attached hydrogen (secondary N) is 2. The number of nitrogens with two attached hydrogens (primary N) is 1. The summed E-state index contributed by atoms with van der Waals surface area (Å²) in [6.45, 7) is 6.66. The maximum absolute atomic E-state index is 12.8. The van der Waals surface area contributed by atoms with E-state index in [1.165, 1.54) is 39.0 Å². The van der Waals surface area contributed by atoms with Gasteiger partial charge >= 0.3 is 23.3 Å². The number of hydrogen-bond acceptors (Lipinski definition) is 11. The van der Waals surface area contributed by atoms with Gasteiger partial charge in [-0.15, -0.1) is 10.2 Å². The van der Waals surface area contributed by atoms with Crippen molar-refractivity contribution < 1.29 is 50.7 Å². The van der Waals surface area contributed by atoms with Crippen LogP contribution in [0.25, 0.3) is 11.4 Å². The Hall–Kier alpha value is -5.91.